The van der Waals surface area contributed by atoms with Crippen molar-refractivity contribution in [3.63, 3.8) is 0 Å². The summed E-state index contributed by atoms with van der Waals surface area (Å²) >= 11 is 0. The molecule has 0 aliphatic heterocycles. The molecule has 3 saturated carbocycles. The fraction of sp³-hybridized carbons (Fsp3) is 0.742. The Balaban J connectivity index is 1.32. The lowest BCUT2D eigenvalue weighted by molar-refractivity contribution is -0.169. The van der Waals surface area contributed by atoms with Crippen LogP contribution in [-0.4, -0.2) is 55.0 Å². The van der Waals surface area contributed by atoms with Crippen LogP contribution in [0, 0.1) is 11.8 Å². The van der Waals surface area contributed by atoms with E-state index >= 15 is 0 Å². The first-order chi connectivity index (χ1) is 19.1. The van der Waals surface area contributed by atoms with Crippen molar-refractivity contribution in [3.8, 4) is 0 Å². The van der Waals surface area contributed by atoms with E-state index in [0.29, 0.717) is 61.6 Å². The fourth-order valence-corrected chi connectivity index (χ4v) is 5.82. The van der Waals surface area contributed by atoms with Gasteiger partial charge in [-0.3, -0.25) is 4.79 Å². The van der Waals surface area contributed by atoms with Gasteiger partial charge < -0.3 is 24.3 Å². The van der Waals surface area contributed by atoms with Gasteiger partial charge in [-0.05, 0) is 96.3 Å². The Morgan fingerprint density at radius 2 is 1.05 bits per heavy atom. The molecule has 40 heavy (non-hydrogen) atoms. The van der Waals surface area contributed by atoms with Crippen molar-refractivity contribution in [1.29, 1.82) is 0 Å². The van der Waals surface area contributed by atoms with Gasteiger partial charge in [0.05, 0.1) is 0 Å². The van der Waals surface area contributed by atoms with Crippen LogP contribution in [0.1, 0.15) is 104 Å². The topological polar surface area (TPSA) is 117 Å². The number of rotatable bonds is 11. The quantitative estimate of drug-likeness (QED) is 0.194. The van der Waals surface area contributed by atoms with Crippen LogP contribution >= 0.6 is 0 Å². The summed E-state index contributed by atoms with van der Waals surface area (Å²) in [5.41, 5.74) is 0.679. The van der Waals surface area contributed by atoms with Crippen LogP contribution in [-0.2, 0) is 33.3 Å². The molecule has 0 saturated heterocycles. The average molecular weight is 562 g/mol. The Morgan fingerprint density at radius 3 is 1.52 bits per heavy atom. The summed E-state index contributed by atoms with van der Waals surface area (Å²) in [6.45, 7) is 11.0. The summed E-state index contributed by atoms with van der Waals surface area (Å²) < 4.78 is 22.3. The SMILES string of the molecule is C=C(C)C(=O)OC1CCCCC1OC(=O)CCC1CCC(CNC(=O)OC2CCCCC2OC(=O)C(=C)C)CC1. The fourth-order valence-electron chi connectivity index (χ4n) is 5.82. The summed E-state index contributed by atoms with van der Waals surface area (Å²) in [7, 11) is 0. The highest BCUT2D eigenvalue weighted by Gasteiger charge is 2.33. The first-order valence-electron chi connectivity index (χ1n) is 15.0. The molecule has 1 N–H and O–H groups in total. The van der Waals surface area contributed by atoms with E-state index in [1.165, 1.54) is 0 Å². The second-order valence-electron chi connectivity index (χ2n) is 11.8. The number of nitrogens with one attached hydrogen (secondary N) is 1. The summed E-state index contributed by atoms with van der Waals surface area (Å²) in [4.78, 5) is 48.9. The van der Waals surface area contributed by atoms with Crippen molar-refractivity contribution in [1.82, 2.24) is 5.32 Å². The molecule has 4 unspecified atom stereocenters. The van der Waals surface area contributed by atoms with Crippen molar-refractivity contribution in [2.24, 2.45) is 11.8 Å². The minimum Gasteiger partial charge on any atom is -0.458 e. The zero-order valence-corrected chi connectivity index (χ0v) is 24.3. The number of ether oxygens (including phenoxy) is 4. The van der Waals surface area contributed by atoms with Crippen LogP contribution in [0.3, 0.4) is 0 Å². The first-order valence-corrected chi connectivity index (χ1v) is 15.0. The van der Waals surface area contributed by atoms with Gasteiger partial charge in [-0.25, -0.2) is 14.4 Å². The lowest BCUT2D eigenvalue weighted by Crippen LogP contribution is -2.41. The number of amides is 1. The predicted octanol–water partition coefficient (Wildman–Crippen LogP) is 5.70. The molecule has 0 aromatic carbocycles. The third-order valence-corrected chi connectivity index (χ3v) is 8.30. The van der Waals surface area contributed by atoms with Gasteiger partial charge in [-0.2, -0.15) is 0 Å². The van der Waals surface area contributed by atoms with Crippen LogP contribution in [0.5, 0.6) is 0 Å². The van der Waals surface area contributed by atoms with E-state index in [-0.39, 0.29) is 12.1 Å². The van der Waals surface area contributed by atoms with Crippen molar-refractivity contribution in [2.75, 3.05) is 6.54 Å². The van der Waals surface area contributed by atoms with Gasteiger partial charge in [0.2, 0.25) is 0 Å². The first kappa shape index (κ1) is 31.7. The van der Waals surface area contributed by atoms with Gasteiger partial charge in [0.1, 0.15) is 24.4 Å². The number of carbonyl (C=O) groups is 4. The largest absolute Gasteiger partial charge is 0.458 e. The summed E-state index contributed by atoms with van der Waals surface area (Å²) in [6, 6.07) is 0. The van der Waals surface area contributed by atoms with Gasteiger partial charge in [0.25, 0.3) is 0 Å². The number of esters is 3. The smallest absolute Gasteiger partial charge is 0.407 e. The number of hydrogen-bond donors (Lipinski definition) is 1. The molecule has 3 rings (SSSR count). The molecular weight excluding hydrogens is 514 g/mol. The molecule has 9 heteroatoms. The Kier molecular flexibility index (Phi) is 12.5. The molecular formula is C31H47NO8. The number of carbonyl (C=O) groups excluding carboxylic acids is 4. The molecule has 3 aliphatic carbocycles. The minimum atomic E-state index is -0.469. The Morgan fingerprint density at radius 1 is 0.625 bits per heavy atom. The van der Waals surface area contributed by atoms with E-state index < -0.39 is 36.3 Å². The summed E-state index contributed by atoms with van der Waals surface area (Å²) in [5.74, 6) is -0.303. The maximum absolute atomic E-state index is 12.6. The van der Waals surface area contributed by atoms with E-state index in [4.69, 9.17) is 18.9 Å². The maximum Gasteiger partial charge on any atom is 0.407 e. The average Bonchev–Trinajstić information content (AvgIpc) is 2.93. The molecule has 3 fully saturated rings. The molecule has 9 nitrogen and oxygen atoms in total. The summed E-state index contributed by atoms with van der Waals surface area (Å²) in [5, 5.41) is 2.90. The van der Waals surface area contributed by atoms with Crippen molar-refractivity contribution < 1.29 is 38.1 Å². The Hall–Kier alpha value is -2.84. The molecule has 4 atom stereocenters. The molecule has 0 radical (unpaired) electrons. The molecule has 0 aromatic heterocycles. The molecule has 0 aromatic rings. The van der Waals surface area contributed by atoms with Gasteiger partial charge >= 0.3 is 24.0 Å². The lowest BCUT2D eigenvalue weighted by Gasteiger charge is -2.32. The normalized spacial score (nSPS) is 28.4. The molecule has 224 valence electrons. The highest BCUT2D eigenvalue weighted by molar-refractivity contribution is 5.87. The highest BCUT2D eigenvalue weighted by atomic mass is 16.6. The van der Waals surface area contributed by atoms with Crippen LogP contribution < -0.4 is 5.32 Å². The van der Waals surface area contributed by atoms with E-state index in [2.05, 4.69) is 18.5 Å². The minimum absolute atomic E-state index is 0.232. The highest BCUT2D eigenvalue weighted by Crippen LogP contribution is 2.32. The Bertz CT molecular complexity index is 848. The van der Waals surface area contributed by atoms with Crippen molar-refractivity contribution in [2.45, 2.75) is 128 Å². The van der Waals surface area contributed by atoms with E-state index in [9.17, 15) is 19.2 Å². The standard InChI is InChI=1S/C31H47NO8/c1-20(2)29(34)38-25-10-6-5-9-24(25)37-28(33)18-17-22-13-15-23(16-14-22)19-32-31(36)40-27-12-8-7-11-26(27)39-30(35)21(3)4/h22-27H,1,3,5-19H2,2,4H3,(H,32,36). The third-order valence-electron chi connectivity index (χ3n) is 8.30. The van der Waals surface area contributed by atoms with Crippen LogP contribution in [0.2, 0.25) is 0 Å². The predicted molar refractivity (Wildman–Crippen MR) is 149 cm³/mol. The second-order valence-corrected chi connectivity index (χ2v) is 11.8. The van der Waals surface area contributed by atoms with Crippen LogP contribution in [0.4, 0.5) is 4.79 Å². The molecule has 0 spiro atoms. The third kappa shape index (κ3) is 10.3. The lowest BCUT2D eigenvalue weighted by atomic mass is 9.80. The van der Waals surface area contributed by atoms with Crippen LogP contribution in [0.25, 0.3) is 0 Å². The van der Waals surface area contributed by atoms with Gasteiger partial charge in [-0.15, -0.1) is 0 Å². The van der Waals surface area contributed by atoms with Crippen molar-refractivity contribution in [3.05, 3.63) is 24.3 Å². The van der Waals surface area contributed by atoms with Gasteiger partial charge in [0.15, 0.2) is 0 Å². The summed E-state index contributed by atoms with van der Waals surface area (Å²) in [6.07, 6.45) is 9.50. The zero-order valence-electron chi connectivity index (χ0n) is 24.3. The van der Waals surface area contributed by atoms with Crippen molar-refractivity contribution >= 4 is 24.0 Å². The van der Waals surface area contributed by atoms with E-state index in [0.717, 1.165) is 57.8 Å². The maximum atomic E-state index is 12.6. The molecule has 1 amide bonds. The van der Waals surface area contributed by atoms with Crippen LogP contribution in [0.15, 0.2) is 24.3 Å². The number of alkyl carbamates (subject to hydrolysis) is 1. The van der Waals surface area contributed by atoms with E-state index in [1.807, 2.05) is 0 Å². The second kappa shape index (κ2) is 15.8. The van der Waals surface area contributed by atoms with Gasteiger partial charge in [0, 0.05) is 24.1 Å². The Labute approximate surface area is 238 Å². The number of hydrogen-bond acceptors (Lipinski definition) is 8. The van der Waals surface area contributed by atoms with Gasteiger partial charge in [-0.1, -0.05) is 26.0 Å². The zero-order chi connectivity index (χ0) is 29.1. The van der Waals surface area contributed by atoms with E-state index in [1.54, 1.807) is 13.8 Å². The molecule has 0 bridgehead atoms. The molecule has 3 aliphatic rings. The monoisotopic (exact) mass is 561 g/mol. The molecule has 0 heterocycles.